The molecular weight excluding hydrogens is 276 g/mol. The normalized spacial score (nSPS) is 10.1. The second kappa shape index (κ2) is 6.88. The minimum atomic E-state index is 0.301. The van der Waals surface area contributed by atoms with Crippen LogP contribution in [0.5, 0.6) is 5.75 Å². The smallest absolute Gasteiger partial charge is 0.203 e. The molecule has 0 fully saturated rings. The molecule has 1 aromatic carbocycles. The fourth-order valence-electron chi connectivity index (χ4n) is 1.69. The number of hydrogen-bond acceptors (Lipinski definition) is 4. The summed E-state index contributed by atoms with van der Waals surface area (Å²) in [5.41, 5.74) is 0.806. The van der Waals surface area contributed by atoms with Crippen LogP contribution in [0.25, 0.3) is 0 Å². The average molecular weight is 291 g/mol. The second-order valence-corrected chi connectivity index (χ2v) is 4.66. The first-order chi connectivity index (χ1) is 9.72. The van der Waals surface area contributed by atoms with Crippen molar-refractivity contribution < 1.29 is 9.15 Å². The van der Waals surface area contributed by atoms with Gasteiger partial charge in [-0.05, 0) is 36.8 Å². The quantitative estimate of drug-likeness (QED) is 0.866. The van der Waals surface area contributed by atoms with E-state index >= 15 is 0 Å². The van der Waals surface area contributed by atoms with E-state index in [0.29, 0.717) is 29.7 Å². The van der Waals surface area contributed by atoms with Crippen LogP contribution in [-0.2, 0) is 6.54 Å². The Morgan fingerprint density at radius 2 is 2.20 bits per heavy atom. The van der Waals surface area contributed by atoms with Gasteiger partial charge in [-0.25, -0.2) is 0 Å². The lowest BCUT2D eigenvalue weighted by atomic mass is 10.3. The predicted octanol–water partition coefficient (Wildman–Crippen LogP) is 4.21. The van der Waals surface area contributed by atoms with Crippen LogP contribution in [0.3, 0.4) is 0 Å². The lowest BCUT2D eigenvalue weighted by Crippen LogP contribution is -2.03. The van der Waals surface area contributed by atoms with Crippen LogP contribution in [0.15, 0.2) is 34.7 Å². The molecule has 0 spiro atoms. The van der Waals surface area contributed by atoms with Gasteiger partial charge in [0.2, 0.25) is 5.76 Å². The highest BCUT2D eigenvalue weighted by molar-refractivity contribution is 6.30. The number of rotatable bonds is 6. The molecular formula is C15H15ClN2O2. The third-order valence-corrected chi connectivity index (χ3v) is 2.86. The Kier molecular flexibility index (Phi) is 4.91. The van der Waals surface area contributed by atoms with Crippen LogP contribution in [0.2, 0.25) is 5.02 Å². The van der Waals surface area contributed by atoms with Crippen LogP contribution in [0.4, 0.5) is 5.69 Å². The Morgan fingerprint density at radius 3 is 2.90 bits per heavy atom. The Balaban J connectivity index is 2.07. The van der Waals surface area contributed by atoms with Crippen LogP contribution in [-0.4, -0.2) is 6.61 Å². The molecule has 0 radical (unpaired) electrons. The maximum Gasteiger partial charge on any atom is 0.203 e. The van der Waals surface area contributed by atoms with Crippen LogP contribution < -0.4 is 10.1 Å². The molecule has 0 saturated carbocycles. The fourth-order valence-corrected chi connectivity index (χ4v) is 1.87. The summed E-state index contributed by atoms with van der Waals surface area (Å²) in [6.07, 6.45) is 0.936. The number of nitrogens with one attached hydrogen (secondary N) is 1. The van der Waals surface area contributed by atoms with Gasteiger partial charge in [0, 0.05) is 5.02 Å². The van der Waals surface area contributed by atoms with Crippen molar-refractivity contribution in [1.82, 2.24) is 0 Å². The zero-order valence-corrected chi connectivity index (χ0v) is 11.9. The van der Waals surface area contributed by atoms with E-state index in [1.807, 2.05) is 12.1 Å². The molecule has 0 aliphatic carbocycles. The van der Waals surface area contributed by atoms with Crippen molar-refractivity contribution in [2.75, 3.05) is 11.9 Å². The predicted molar refractivity (Wildman–Crippen MR) is 78.0 cm³/mol. The molecule has 0 saturated heterocycles. The second-order valence-electron chi connectivity index (χ2n) is 4.22. The van der Waals surface area contributed by atoms with E-state index in [-0.39, 0.29) is 0 Å². The van der Waals surface area contributed by atoms with Crippen LogP contribution >= 0.6 is 11.6 Å². The number of nitrogens with zero attached hydrogens (tertiary/aromatic N) is 1. The summed E-state index contributed by atoms with van der Waals surface area (Å²) in [7, 11) is 0. The van der Waals surface area contributed by atoms with E-state index in [2.05, 4.69) is 12.2 Å². The number of ether oxygens (including phenoxy) is 1. The summed E-state index contributed by atoms with van der Waals surface area (Å²) in [4.78, 5) is 0. The Hall–Kier alpha value is -2.12. The molecule has 0 atom stereocenters. The van der Waals surface area contributed by atoms with Crippen molar-refractivity contribution in [3.05, 3.63) is 46.9 Å². The third kappa shape index (κ3) is 3.69. The van der Waals surface area contributed by atoms with Crippen molar-refractivity contribution in [3.8, 4) is 11.8 Å². The molecule has 104 valence electrons. The molecule has 2 aromatic rings. The van der Waals surface area contributed by atoms with Gasteiger partial charge in [0.05, 0.1) is 18.8 Å². The molecule has 0 bridgehead atoms. The number of benzene rings is 1. The maximum absolute atomic E-state index is 8.71. The van der Waals surface area contributed by atoms with Gasteiger partial charge in [0.25, 0.3) is 0 Å². The van der Waals surface area contributed by atoms with Crippen molar-refractivity contribution in [2.24, 2.45) is 0 Å². The maximum atomic E-state index is 8.71. The fraction of sp³-hybridized carbons (Fsp3) is 0.267. The number of nitriles is 1. The Morgan fingerprint density at radius 1 is 1.35 bits per heavy atom. The molecule has 1 N–H and O–H groups in total. The number of halogens is 1. The third-order valence-electron chi connectivity index (χ3n) is 2.63. The van der Waals surface area contributed by atoms with Gasteiger partial charge in [0.1, 0.15) is 17.6 Å². The molecule has 1 heterocycles. The highest BCUT2D eigenvalue weighted by atomic mass is 35.5. The van der Waals surface area contributed by atoms with Gasteiger partial charge < -0.3 is 14.5 Å². The monoisotopic (exact) mass is 290 g/mol. The van der Waals surface area contributed by atoms with Gasteiger partial charge in [-0.15, -0.1) is 0 Å². The van der Waals surface area contributed by atoms with Crippen LogP contribution in [0, 0.1) is 11.3 Å². The van der Waals surface area contributed by atoms with Crippen LogP contribution in [0.1, 0.15) is 24.9 Å². The minimum absolute atomic E-state index is 0.301. The van der Waals surface area contributed by atoms with E-state index in [9.17, 15) is 0 Å². The lowest BCUT2D eigenvalue weighted by molar-refractivity contribution is 0.318. The van der Waals surface area contributed by atoms with E-state index in [1.54, 1.807) is 24.3 Å². The van der Waals surface area contributed by atoms with Gasteiger partial charge in [-0.3, -0.25) is 0 Å². The molecule has 2 rings (SSSR count). The molecule has 4 nitrogen and oxygen atoms in total. The summed E-state index contributed by atoms with van der Waals surface area (Å²) < 4.78 is 11.0. The van der Waals surface area contributed by atoms with Crippen molar-refractivity contribution in [3.63, 3.8) is 0 Å². The SMILES string of the molecule is CCCOc1ccc(Cl)cc1NCc1ccc(C#N)o1. The Labute approximate surface area is 122 Å². The zero-order valence-electron chi connectivity index (χ0n) is 11.1. The molecule has 0 amide bonds. The van der Waals surface area contributed by atoms with Crippen molar-refractivity contribution in [1.29, 1.82) is 5.26 Å². The van der Waals surface area contributed by atoms with Gasteiger partial charge >= 0.3 is 0 Å². The first-order valence-electron chi connectivity index (χ1n) is 6.38. The highest BCUT2D eigenvalue weighted by Crippen LogP contribution is 2.28. The number of hydrogen-bond donors (Lipinski definition) is 1. The number of furan rings is 1. The first-order valence-corrected chi connectivity index (χ1v) is 6.75. The summed E-state index contributed by atoms with van der Waals surface area (Å²) in [6, 6.07) is 10.8. The minimum Gasteiger partial charge on any atom is -0.491 e. The molecule has 1 aromatic heterocycles. The van der Waals surface area contributed by atoms with Gasteiger partial charge in [-0.1, -0.05) is 18.5 Å². The van der Waals surface area contributed by atoms with Crippen molar-refractivity contribution >= 4 is 17.3 Å². The van der Waals surface area contributed by atoms with Crippen molar-refractivity contribution in [2.45, 2.75) is 19.9 Å². The lowest BCUT2D eigenvalue weighted by Gasteiger charge is -2.12. The standard InChI is InChI=1S/C15H15ClN2O2/c1-2-7-19-15-6-3-11(16)8-14(15)18-10-13-5-4-12(9-17)20-13/h3-6,8,18H,2,7,10H2,1H3. The average Bonchev–Trinajstić information content (AvgIpc) is 2.92. The van der Waals surface area contributed by atoms with E-state index in [0.717, 1.165) is 17.9 Å². The molecule has 0 aliphatic rings. The Bertz CT molecular complexity index is 617. The van der Waals surface area contributed by atoms with Gasteiger partial charge in [-0.2, -0.15) is 5.26 Å². The summed E-state index contributed by atoms with van der Waals surface area (Å²) in [5.74, 6) is 1.74. The summed E-state index contributed by atoms with van der Waals surface area (Å²) in [5, 5.41) is 12.5. The van der Waals surface area contributed by atoms with Gasteiger partial charge in [0.15, 0.2) is 0 Å². The summed E-state index contributed by atoms with van der Waals surface area (Å²) >= 11 is 6.00. The first kappa shape index (κ1) is 14.3. The van der Waals surface area contributed by atoms with E-state index < -0.39 is 0 Å². The summed E-state index contributed by atoms with van der Waals surface area (Å²) in [6.45, 7) is 3.16. The molecule has 0 unspecified atom stereocenters. The zero-order chi connectivity index (χ0) is 14.4. The largest absolute Gasteiger partial charge is 0.491 e. The topological polar surface area (TPSA) is 58.2 Å². The van der Waals surface area contributed by atoms with E-state index in [1.165, 1.54) is 0 Å². The molecule has 5 heteroatoms. The van der Waals surface area contributed by atoms with E-state index in [4.69, 9.17) is 26.0 Å². The number of anilines is 1. The highest BCUT2D eigenvalue weighted by Gasteiger charge is 2.06. The molecule has 0 aliphatic heterocycles. The molecule has 20 heavy (non-hydrogen) atoms.